The zero-order chi connectivity index (χ0) is 20.1. The molecule has 164 valence electrons. The molecule has 0 heterocycles. The molecule has 0 amide bonds. The largest absolute Gasteiger partial charge is 0.497 e. The second-order valence-electron chi connectivity index (χ2n) is 7.24. The molecule has 3 rings (SSSR count). The van der Waals surface area contributed by atoms with E-state index >= 15 is 0 Å². The van der Waals surface area contributed by atoms with Gasteiger partial charge < -0.3 is 24.8 Å². The van der Waals surface area contributed by atoms with Gasteiger partial charge in [0.15, 0.2) is 5.96 Å². The van der Waals surface area contributed by atoms with Crippen molar-refractivity contribution in [1.82, 2.24) is 10.6 Å². The third-order valence-corrected chi connectivity index (χ3v) is 5.90. The van der Waals surface area contributed by atoms with Crippen molar-refractivity contribution in [3.8, 4) is 11.5 Å². The fourth-order valence-electron chi connectivity index (χ4n) is 4.21. The number of guanidine groups is 1. The quantitative estimate of drug-likeness (QED) is 0.306. The average molecular weight is 525 g/mol. The third kappa shape index (κ3) is 5.22. The molecule has 1 aromatic carbocycles. The predicted octanol–water partition coefficient (Wildman–Crippen LogP) is 3.93. The maximum absolute atomic E-state index is 12.7. The van der Waals surface area contributed by atoms with Gasteiger partial charge in [0.2, 0.25) is 0 Å². The first-order valence-electron chi connectivity index (χ1n) is 9.73. The van der Waals surface area contributed by atoms with Gasteiger partial charge in [0, 0.05) is 37.2 Å². The molecule has 0 bridgehead atoms. The van der Waals surface area contributed by atoms with Crippen LogP contribution in [0.1, 0.15) is 38.2 Å². The Kier molecular flexibility index (Phi) is 8.74. The van der Waals surface area contributed by atoms with Crippen molar-refractivity contribution in [1.29, 1.82) is 0 Å². The lowest BCUT2D eigenvalue weighted by Gasteiger charge is -2.61. The van der Waals surface area contributed by atoms with Crippen molar-refractivity contribution in [2.45, 2.75) is 57.9 Å². The molecule has 29 heavy (non-hydrogen) atoms. The highest BCUT2D eigenvalue weighted by atomic mass is 127. The molecule has 0 radical (unpaired) electrons. The van der Waals surface area contributed by atoms with Gasteiger partial charge in [0.25, 0.3) is 0 Å². The van der Waals surface area contributed by atoms with Crippen LogP contribution in [0.3, 0.4) is 0 Å². The van der Waals surface area contributed by atoms with E-state index in [9.17, 15) is 8.78 Å². The Morgan fingerprint density at radius 1 is 1.34 bits per heavy atom. The molecule has 0 aromatic heterocycles. The number of alkyl halides is 2. The molecule has 0 saturated heterocycles. The molecule has 2 fully saturated rings. The summed E-state index contributed by atoms with van der Waals surface area (Å²) >= 11 is 0. The molecule has 2 N–H and O–H groups in total. The summed E-state index contributed by atoms with van der Waals surface area (Å²) in [5.41, 5.74) is 0.773. The zero-order valence-corrected chi connectivity index (χ0v) is 19.4. The number of nitrogens with zero attached hydrogens (tertiary/aromatic N) is 1. The van der Waals surface area contributed by atoms with Gasteiger partial charge in [-0.3, -0.25) is 4.99 Å². The second kappa shape index (κ2) is 10.6. The predicted molar refractivity (Wildman–Crippen MR) is 118 cm³/mol. The number of methoxy groups -OCH3 is 1. The Bertz CT molecular complexity index is 702. The minimum atomic E-state index is -2.88. The number of nitrogens with one attached hydrogen (secondary N) is 2. The lowest BCUT2D eigenvalue weighted by Crippen LogP contribution is -2.68. The topological polar surface area (TPSA) is 64.1 Å². The summed E-state index contributed by atoms with van der Waals surface area (Å²) in [6.45, 7) is 0.164. The van der Waals surface area contributed by atoms with Gasteiger partial charge >= 0.3 is 6.61 Å². The number of halogens is 3. The van der Waals surface area contributed by atoms with Crippen LogP contribution < -0.4 is 20.1 Å². The lowest BCUT2D eigenvalue weighted by molar-refractivity contribution is -0.168. The minimum Gasteiger partial charge on any atom is -0.497 e. The van der Waals surface area contributed by atoms with Crippen LogP contribution in [0, 0.1) is 5.41 Å². The monoisotopic (exact) mass is 525 g/mol. The minimum absolute atomic E-state index is 0. The maximum Gasteiger partial charge on any atom is 0.387 e. The van der Waals surface area contributed by atoms with E-state index in [1.54, 1.807) is 19.2 Å². The van der Waals surface area contributed by atoms with Gasteiger partial charge in [0.1, 0.15) is 11.5 Å². The van der Waals surface area contributed by atoms with Gasteiger partial charge in [-0.25, -0.2) is 0 Å². The van der Waals surface area contributed by atoms with Crippen molar-refractivity contribution in [2.24, 2.45) is 10.4 Å². The Morgan fingerprint density at radius 2 is 2.10 bits per heavy atom. The van der Waals surface area contributed by atoms with E-state index in [1.165, 1.54) is 19.6 Å². The van der Waals surface area contributed by atoms with Crippen LogP contribution in [0.25, 0.3) is 0 Å². The number of aliphatic imine (C=N–C) groups is 1. The fraction of sp³-hybridized carbons (Fsp3) is 0.650. The van der Waals surface area contributed by atoms with E-state index in [2.05, 4.69) is 20.4 Å². The van der Waals surface area contributed by atoms with Crippen LogP contribution in [0.15, 0.2) is 23.2 Å². The molecule has 2 saturated carbocycles. The number of benzene rings is 1. The molecule has 1 aromatic rings. The van der Waals surface area contributed by atoms with Crippen molar-refractivity contribution in [2.75, 3.05) is 20.8 Å². The van der Waals surface area contributed by atoms with E-state index in [-0.39, 0.29) is 41.7 Å². The molecule has 0 aliphatic heterocycles. The van der Waals surface area contributed by atoms with Gasteiger partial charge in [0.05, 0.1) is 13.2 Å². The van der Waals surface area contributed by atoms with Crippen LogP contribution in [0.2, 0.25) is 0 Å². The van der Waals surface area contributed by atoms with Crippen molar-refractivity contribution in [3.05, 3.63) is 23.8 Å². The molecular weight excluding hydrogens is 495 g/mol. The summed E-state index contributed by atoms with van der Waals surface area (Å²) in [5.74, 6) is 1.33. The van der Waals surface area contributed by atoms with Crippen LogP contribution in [0.4, 0.5) is 8.78 Å². The molecule has 2 unspecified atom stereocenters. The Hall–Kier alpha value is -1.36. The van der Waals surface area contributed by atoms with Gasteiger partial charge in [-0.05, 0) is 44.4 Å². The van der Waals surface area contributed by atoms with Crippen molar-refractivity contribution < 1.29 is 23.0 Å². The number of hydrogen-bond acceptors (Lipinski definition) is 4. The number of hydrogen-bond donors (Lipinski definition) is 2. The van der Waals surface area contributed by atoms with E-state index < -0.39 is 6.61 Å². The number of ether oxygens (including phenoxy) is 3. The van der Waals surface area contributed by atoms with E-state index in [1.807, 2.05) is 6.92 Å². The SMILES string of the molecule is CCOC1CC(NC(=NC)NCc2cc(OC)ccc2OC(F)F)C12CCC2.I. The van der Waals surface area contributed by atoms with E-state index in [0.717, 1.165) is 25.9 Å². The van der Waals surface area contributed by atoms with E-state index in [0.29, 0.717) is 29.4 Å². The average Bonchev–Trinajstić information content (AvgIpc) is 2.62. The molecule has 2 aliphatic rings. The number of rotatable bonds is 8. The fourth-order valence-corrected chi connectivity index (χ4v) is 4.21. The van der Waals surface area contributed by atoms with Crippen molar-refractivity contribution in [3.63, 3.8) is 0 Å². The highest BCUT2D eigenvalue weighted by molar-refractivity contribution is 14.0. The third-order valence-electron chi connectivity index (χ3n) is 5.90. The molecule has 1 spiro atoms. The molecule has 2 aliphatic carbocycles. The van der Waals surface area contributed by atoms with Gasteiger partial charge in [-0.15, -0.1) is 24.0 Å². The molecule has 9 heteroatoms. The zero-order valence-electron chi connectivity index (χ0n) is 17.0. The van der Waals surface area contributed by atoms with E-state index in [4.69, 9.17) is 9.47 Å². The molecule has 6 nitrogen and oxygen atoms in total. The normalized spacial score (nSPS) is 22.3. The molecular formula is C20H30F2IN3O3. The van der Waals surface area contributed by atoms with Crippen LogP contribution in [-0.2, 0) is 11.3 Å². The summed E-state index contributed by atoms with van der Waals surface area (Å²) in [6.07, 6.45) is 4.81. The first kappa shape index (κ1) is 23.9. The van der Waals surface area contributed by atoms with Crippen molar-refractivity contribution >= 4 is 29.9 Å². The summed E-state index contributed by atoms with van der Waals surface area (Å²) in [4.78, 5) is 4.29. The van der Waals surface area contributed by atoms with Crippen LogP contribution in [0.5, 0.6) is 11.5 Å². The van der Waals surface area contributed by atoms with Gasteiger partial charge in [-0.2, -0.15) is 8.78 Å². The summed E-state index contributed by atoms with van der Waals surface area (Å²) in [6, 6.07) is 5.07. The standard InChI is InChI=1S/C20H29F2N3O3.HI/c1-4-27-17-11-16(20(17)8-5-9-20)25-19(23-2)24-12-13-10-14(26-3)6-7-15(13)28-18(21)22;/h6-7,10,16-18H,4-5,8-9,11-12H2,1-3H3,(H2,23,24,25);1H. The summed E-state index contributed by atoms with van der Waals surface area (Å²) in [5, 5.41) is 6.68. The first-order chi connectivity index (χ1) is 13.5. The maximum atomic E-state index is 12.7. The summed E-state index contributed by atoms with van der Waals surface area (Å²) in [7, 11) is 3.23. The van der Waals surface area contributed by atoms with Crippen LogP contribution in [-0.4, -0.2) is 45.5 Å². The summed E-state index contributed by atoms with van der Waals surface area (Å²) < 4.78 is 41.1. The van der Waals surface area contributed by atoms with Crippen LogP contribution >= 0.6 is 24.0 Å². The van der Waals surface area contributed by atoms with Gasteiger partial charge in [-0.1, -0.05) is 6.42 Å². The Balaban J connectivity index is 0.00000300. The highest BCUT2D eigenvalue weighted by Crippen LogP contribution is 2.57. The highest BCUT2D eigenvalue weighted by Gasteiger charge is 2.59. The first-order valence-corrected chi connectivity index (χ1v) is 9.73. The Labute approximate surface area is 187 Å². The smallest absolute Gasteiger partial charge is 0.387 e. The Morgan fingerprint density at radius 3 is 2.66 bits per heavy atom. The second-order valence-corrected chi connectivity index (χ2v) is 7.24. The molecule has 2 atom stereocenters. The lowest BCUT2D eigenvalue weighted by atomic mass is 9.51.